The molecule has 0 aliphatic heterocycles. The van der Waals surface area contributed by atoms with Gasteiger partial charge in [0.2, 0.25) is 0 Å². The topological polar surface area (TPSA) is 198 Å². The molecule has 15 nitrogen and oxygen atoms in total. The molecule has 0 amide bonds. The van der Waals surface area contributed by atoms with Crippen LogP contribution in [0.25, 0.3) is 10.8 Å². The van der Waals surface area contributed by atoms with Crippen molar-refractivity contribution in [1.29, 1.82) is 0 Å². The van der Waals surface area contributed by atoms with Gasteiger partial charge >= 0.3 is 10.1 Å². The van der Waals surface area contributed by atoms with Crippen LogP contribution < -0.4 is 4.74 Å². The van der Waals surface area contributed by atoms with Crippen LogP contribution in [-0.2, 0) is 64.1 Å². The van der Waals surface area contributed by atoms with Crippen LogP contribution >= 0.6 is 12.3 Å². The number of hydrogen-bond acceptors (Lipinski definition) is 16. The van der Waals surface area contributed by atoms with Gasteiger partial charge in [-0.25, -0.2) is 4.89 Å². The minimum atomic E-state index is -4.45. The summed E-state index contributed by atoms with van der Waals surface area (Å²) in [6, 6.07) is 8.69. The van der Waals surface area contributed by atoms with Crippen molar-refractivity contribution in [1.82, 2.24) is 0 Å². The molecule has 0 atom stereocenters. The molecule has 0 saturated carbocycles. The molecule has 0 aliphatic carbocycles. The summed E-state index contributed by atoms with van der Waals surface area (Å²) >= 11 is 0.518. The minimum Gasteiger partial charge on any atom is -0.506 e. The van der Waals surface area contributed by atoms with E-state index in [0.29, 0.717) is 12.3 Å². The number of hydrogen-bond donors (Lipinski definition) is 2. The number of phenols is 2. The second-order valence-corrected chi connectivity index (χ2v) is 11.0. The first-order valence-electron chi connectivity index (χ1n) is 10.5. The normalized spacial score (nSPS) is 12.1. The number of nitrogens with zero attached hydrogens (tertiary/aromatic N) is 2. The zero-order valence-corrected chi connectivity index (χ0v) is 24.2. The molecule has 0 heterocycles. The SMILES string of the molecule is COOOSOCCOc1ccc(O)c(N=Nc2c(O)c(S(=O)(=O)OC)cc3cc(S(=O)(=O)OC)ccc23)c1.[Cu]. The summed E-state index contributed by atoms with van der Waals surface area (Å²) < 4.78 is 73.1. The van der Waals surface area contributed by atoms with Crippen molar-refractivity contribution in [2.45, 2.75) is 9.79 Å². The number of azo groups is 1. The third-order valence-electron chi connectivity index (χ3n) is 4.83. The third kappa shape index (κ3) is 8.24. The number of aromatic hydroxyl groups is 2. The average Bonchev–Trinajstić information content (AvgIpc) is 2.92. The fourth-order valence-electron chi connectivity index (χ4n) is 3.03. The Morgan fingerprint density at radius 2 is 1.60 bits per heavy atom. The minimum absolute atomic E-state index is 0. The summed E-state index contributed by atoms with van der Waals surface area (Å²) in [6.07, 6.45) is 0. The Labute approximate surface area is 243 Å². The molecule has 0 fully saturated rings. The maximum Gasteiger partial charge on any atom is 0.300 e. The maximum absolute atomic E-state index is 12.4. The molecule has 3 rings (SSSR count). The molecular formula is C21H22CuN2O13S3. The third-order valence-corrected chi connectivity index (χ3v) is 7.76. The van der Waals surface area contributed by atoms with E-state index in [2.05, 4.69) is 32.9 Å². The molecule has 0 spiro atoms. The van der Waals surface area contributed by atoms with E-state index in [-0.39, 0.29) is 68.8 Å². The van der Waals surface area contributed by atoms with Crippen molar-refractivity contribution in [3.05, 3.63) is 42.5 Å². The zero-order valence-electron chi connectivity index (χ0n) is 20.8. The average molecular weight is 670 g/mol. The van der Waals surface area contributed by atoms with Gasteiger partial charge in [0, 0.05) is 28.5 Å². The second kappa shape index (κ2) is 14.9. The molecule has 3 aromatic carbocycles. The molecular weight excluding hydrogens is 648 g/mol. The monoisotopic (exact) mass is 669 g/mol. The first-order valence-corrected chi connectivity index (χ1v) is 14.0. The fraction of sp³-hybridized carbons (Fsp3) is 0.238. The molecule has 40 heavy (non-hydrogen) atoms. The van der Waals surface area contributed by atoms with Gasteiger partial charge in [0.05, 0.1) is 32.8 Å². The molecule has 0 unspecified atom stereocenters. The van der Waals surface area contributed by atoms with Crippen molar-refractivity contribution in [2.75, 3.05) is 34.5 Å². The Morgan fingerprint density at radius 3 is 2.27 bits per heavy atom. The van der Waals surface area contributed by atoms with Crippen molar-refractivity contribution in [3.63, 3.8) is 0 Å². The predicted molar refractivity (Wildman–Crippen MR) is 135 cm³/mol. The summed E-state index contributed by atoms with van der Waals surface area (Å²) in [4.78, 5) is 3.25. The van der Waals surface area contributed by atoms with Gasteiger partial charge in [-0.3, -0.25) is 12.5 Å². The van der Waals surface area contributed by atoms with E-state index >= 15 is 0 Å². The van der Waals surface area contributed by atoms with Crippen LogP contribution in [-0.4, -0.2) is 61.6 Å². The molecule has 223 valence electrons. The number of fused-ring (bicyclic) bond motifs is 1. The van der Waals surface area contributed by atoms with E-state index in [1.807, 2.05) is 0 Å². The van der Waals surface area contributed by atoms with Crippen LogP contribution in [0.3, 0.4) is 0 Å². The first kappa shape index (κ1) is 33.7. The van der Waals surface area contributed by atoms with Gasteiger partial charge in [0.15, 0.2) is 18.1 Å². The van der Waals surface area contributed by atoms with Gasteiger partial charge in [0.1, 0.15) is 34.4 Å². The first-order chi connectivity index (χ1) is 18.5. The Morgan fingerprint density at radius 1 is 0.875 bits per heavy atom. The van der Waals surface area contributed by atoms with E-state index in [1.54, 1.807) is 0 Å². The quantitative estimate of drug-likeness (QED) is 0.0478. The van der Waals surface area contributed by atoms with Crippen molar-refractivity contribution < 1.29 is 75.7 Å². The summed E-state index contributed by atoms with van der Waals surface area (Å²) in [6.45, 7) is 0.149. The summed E-state index contributed by atoms with van der Waals surface area (Å²) in [7, 11) is -5.47. The van der Waals surface area contributed by atoms with Gasteiger partial charge in [-0.2, -0.15) is 16.8 Å². The van der Waals surface area contributed by atoms with E-state index in [1.165, 1.54) is 37.4 Å². The van der Waals surface area contributed by atoms with Crippen LogP contribution in [0.5, 0.6) is 17.2 Å². The van der Waals surface area contributed by atoms with E-state index in [0.717, 1.165) is 26.4 Å². The van der Waals surface area contributed by atoms with Gasteiger partial charge < -0.3 is 14.9 Å². The molecule has 1 radical (unpaired) electrons. The Kier molecular flexibility index (Phi) is 12.5. The summed E-state index contributed by atoms with van der Waals surface area (Å²) in [5.74, 6) is -0.846. The van der Waals surface area contributed by atoms with Crippen molar-refractivity contribution in [3.8, 4) is 17.2 Å². The van der Waals surface area contributed by atoms with Gasteiger partial charge in [-0.15, -0.1) is 14.6 Å². The summed E-state index contributed by atoms with van der Waals surface area (Å²) in [5.41, 5.74) is -0.426. The van der Waals surface area contributed by atoms with Crippen molar-refractivity contribution in [2.24, 2.45) is 10.2 Å². The standard InChI is InChI=1S/C21H22N2O13S3.Cu/c1-30-35-36-37-34-9-8-33-14-4-7-18(24)17(12-14)22-23-20-16-6-5-15(38(26,27)31-2)10-13(16)11-19(21(20)25)39(28,29)32-3;/h4-7,10-12,24-25H,8-9H2,1-3H3;. The Balaban J connectivity index is 0.00000560. The fourth-order valence-corrected chi connectivity index (χ4v) is 4.76. The van der Waals surface area contributed by atoms with E-state index in [9.17, 15) is 27.0 Å². The van der Waals surface area contributed by atoms with Crippen LogP contribution in [0, 0.1) is 0 Å². The Hall–Kier alpha value is -2.55. The summed E-state index contributed by atoms with van der Waals surface area (Å²) in [5, 5.41) is 33.2. The smallest absolute Gasteiger partial charge is 0.300 e. The van der Waals surface area contributed by atoms with Gasteiger partial charge in [0.25, 0.3) is 10.1 Å². The Bertz CT molecular complexity index is 1570. The van der Waals surface area contributed by atoms with Crippen molar-refractivity contribution >= 4 is 54.7 Å². The predicted octanol–water partition coefficient (Wildman–Crippen LogP) is 3.80. The largest absolute Gasteiger partial charge is 0.506 e. The molecule has 3 aromatic rings. The molecule has 2 N–H and O–H groups in total. The van der Waals surface area contributed by atoms with Crippen LogP contribution in [0.1, 0.15) is 0 Å². The van der Waals surface area contributed by atoms with Gasteiger partial charge in [-0.05, 0) is 35.7 Å². The molecule has 0 saturated heterocycles. The van der Waals surface area contributed by atoms with E-state index in [4.69, 9.17) is 8.92 Å². The number of phenolic OH excluding ortho intramolecular Hbond substituents is 2. The zero-order chi connectivity index (χ0) is 28.6. The second-order valence-electron chi connectivity index (χ2n) is 7.09. The van der Waals surface area contributed by atoms with Crippen LogP contribution in [0.2, 0.25) is 0 Å². The molecule has 0 bridgehead atoms. The van der Waals surface area contributed by atoms with Crippen LogP contribution in [0.4, 0.5) is 11.4 Å². The van der Waals surface area contributed by atoms with Gasteiger partial charge in [-0.1, -0.05) is 11.1 Å². The molecule has 19 heteroatoms. The van der Waals surface area contributed by atoms with E-state index < -0.39 is 30.9 Å². The molecule has 0 aliphatic rings. The maximum atomic E-state index is 12.4. The number of rotatable bonds is 14. The molecule has 0 aromatic heterocycles. The number of benzene rings is 3. The van der Waals surface area contributed by atoms with Crippen LogP contribution in [0.15, 0.2) is 62.5 Å². The number of ether oxygens (including phenoxy) is 1.